The van der Waals surface area contributed by atoms with Gasteiger partial charge in [-0.15, -0.1) is 0 Å². The lowest BCUT2D eigenvalue weighted by Crippen LogP contribution is -2.34. The predicted molar refractivity (Wildman–Crippen MR) is 62.6 cm³/mol. The first kappa shape index (κ1) is 13.7. The van der Waals surface area contributed by atoms with Crippen molar-refractivity contribution in [1.29, 1.82) is 0 Å². The second-order valence-electron chi connectivity index (χ2n) is 4.22. The quantitative estimate of drug-likeness (QED) is 0.784. The Kier molecular flexibility index (Phi) is 5.18. The molecule has 5 nitrogen and oxygen atoms in total. The highest BCUT2D eigenvalue weighted by Crippen LogP contribution is 2.09. The predicted octanol–water partition coefficient (Wildman–Crippen LogP) is 1.17. The number of rotatable bonds is 6. The molecule has 1 aromatic rings. The third-order valence-electron chi connectivity index (χ3n) is 2.41. The number of methoxy groups -OCH3 is 1. The SMILES string of the molecule is COCc1ccc(C(=O)NCC(O)C(C)C)o1. The second kappa shape index (κ2) is 6.42. The molecule has 0 aliphatic rings. The number of furan rings is 1. The summed E-state index contributed by atoms with van der Waals surface area (Å²) in [5, 5.41) is 12.2. The van der Waals surface area contributed by atoms with Crippen molar-refractivity contribution in [2.75, 3.05) is 13.7 Å². The van der Waals surface area contributed by atoms with Gasteiger partial charge >= 0.3 is 0 Å². The normalized spacial score (nSPS) is 12.8. The highest BCUT2D eigenvalue weighted by molar-refractivity contribution is 5.91. The molecule has 1 atom stereocenters. The highest BCUT2D eigenvalue weighted by atomic mass is 16.5. The van der Waals surface area contributed by atoms with Gasteiger partial charge in [0.05, 0.1) is 6.10 Å². The van der Waals surface area contributed by atoms with Crippen LogP contribution in [0.3, 0.4) is 0 Å². The molecule has 0 fully saturated rings. The molecule has 1 amide bonds. The molecular formula is C12H19NO4. The molecule has 0 aromatic carbocycles. The lowest BCUT2D eigenvalue weighted by molar-refractivity contribution is 0.0840. The smallest absolute Gasteiger partial charge is 0.287 e. The first-order valence-corrected chi connectivity index (χ1v) is 5.58. The number of amides is 1. The van der Waals surface area contributed by atoms with Crippen molar-refractivity contribution >= 4 is 5.91 Å². The van der Waals surface area contributed by atoms with Gasteiger partial charge in [-0.05, 0) is 18.1 Å². The number of carbonyl (C=O) groups is 1. The van der Waals surface area contributed by atoms with Gasteiger partial charge in [-0.3, -0.25) is 4.79 Å². The maximum atomic E-state index is 11.6. The Morgan fingerprint density at radius 2 is 2.24 bits per heavy atom. The number of ether oxygens (including phenoxy) is 1. The summed E-state index contributed by atoms with van der Waals surface area (Å²) in [4.78, 5) is 11.6. The van der Waals surface area contributed by atoms with Crippen LogP contribution in [-0.4, -0.2) is 30.8 Å². The standard InChI is InChI=1S/C12H19NO4/c1-8(2)10(14)6-13-12(15)11-5-4-9(17-11)7-16-3/h4-5,8,10,14H,6-7H2,1-3H3,(H,13,15). The van der Waals surface area contributed by atoms with E-state index in [-0.39, 0.29) is 24.1 Å². The van der Waals surface area contributed by atoms with Gasteiger partial charge in [-0.25, -0.2) is 0 Å². The van der Waals surface area contributed by atoms with Gasteiger partial charge in [0.25, 0.3) is 5.91 Å². The molecule has 17 heavy (non-hydrogen) atoms. The molecule has 0 bridgehead atoms. The Bertz CT molecular complexity index is 359. The molecule has 96 valence electrons. The molecule has 1 unspecified atom stereocenters. The second-order valence-corrected chi connectivity index (χ2v) is 4.22. The van der Waals surface area contributed by atoms with Crippen LogP contribution in [0.1, 0.15) is 30.2 Å². The average Bonchev–Trinajstić information content (AvgIpc) is 2.74. The van der Waals surface area contributed by atoms with Gasteiger partial charge < -0.3 is 19.6 Å². The van der Waals surface area contributed by atoms with E-state index in [1.807, 2.05) is 13.8 Å². The first-order chi connectivity index (χ1) is 8.04. The molecule has 0 saturated heterocycles. The molecule has 0 saturated carbocycles. The molecule has 1 rings (SSSR count). The van der Waals surface area contributed by atoms with E-state index < -0.39 is 6.10 Å². The lowest BCUT2D eigenvalue weighted by atomic mass is 10.1. The van der Waals surface area contributed by atoms with E-state index in [9.17, 15) is 9.90 Å². The minimum absolute atomic E-state index is 0.107. The Morgan fingerprint density at radius 1 is 1.53 bits per heavy atom. The summed E-state index contributed by atoms with van der Waals surface area (Å²) in [5.74, 6) is 0.609. The number of nitrogens with one attached hydrogen (secondary N) is 1. The zero-order chi connectivity index (χ0) is 12.8. The maximum Gasteiger partial charge on any atom is 0.287 e. The number of aliphatic hydroxyl groups is 1. The summed E-state index contributed by atoms with van der Waals surface area (Å²) in [7, 11) is 1.56. The molecule has 1 aromatic heterocycles. The number of aliphatic hydroxyl groups excluding tert-OH is 1. The molecular weight excluding hydrogens is 222 g/mol. The van der Waals surface area contributed by atoms with Gasteiger partial charge in [0.1, 0.15) is 12.4 Å². The average molecular weight is 241 g/mol. The Hall–Kier alpha value is -1.33. The summed E-state index contributed by atoms with van der Waals surface area (Å²) in [6, 6.07) is 3.28. The van der Waals surface area contributed by atoms with Crippen LogP contribution in [0.25, 0.3) is 0 Å². The molecule has 0 aliphatic carbocycles. The molecule has 5 heteroatoms. The summed E-state index contributed by atoms with van der Waals surface area (Å²) in [5.41, 5.74) is 0. The Labute approximate surface area is 101 Å². The van der Waals surface area contributed by atoms with Crippen molar-refractivity contribution < 1.29 is 19.1 Å². The maximum absolute atomic E-state index is 11.6. The summed E-state index contributed by atoms with van der Waals surface area (Å²) < 4.78 is 10.1. The van der Waals surface area contributed by atoms with E-state index in [1.54, 1.807) is 19.2 Å². The number of hydrogen-bond donors (Lipinski definition) is 2. The van der Waals surface area contributed by atoms with E-state index in [4.69, 9.17) is 9.15 Å². The fraction of sp³-hybridized carbons (Fsp3) is 0.583. The van der Waals surface area contributed by atoms with Crippen molar-refractivity contribution in [2.45, 2.75) is 26.6 Å². The molecule has 2 N–H and O–H groups in total. The van der Waals surface area contributed by atoms with E-state index in [0.29, 0.717) is 12.4 Å². The Morgan fingerprint density at radius 3 is 2.82 bits per heavy atom. The molecule has 0 aliphatic heterocycles. The zero-order valence-corrected chi connectivity index (χ0v) is 10.4. The van der Waals surface area contributed by atoms with E-state index in [2.05, 4.69) is 5.32 Å². The van der Waals surface area contributed by atoms with Crippen molar-refractivity contribution in [1.82, 2.24) is 5.32 Å². The molecule has 0 spiro atoms. The fourth-order valence-electron chi connectivity index (χ4n) is 1.24. The van der Waals surface area contributed by atoms with Crippen molar-refractivity contribution in [2.24, 2.45) is 5.92 Å². The number of carbonyl (C=O) groups excluding carboxylic acids is 1. The summed E-state index contributed by atoms with van der Waals surface area (Å²) in [6.07, 6.45) is -0.549. The van der Waals surface area contributed by atoms with Crippen molar-refractivity contribution in [3.05, 3.63) is 23.7 Å². The summed E-state index contributed by atoms with van der Waals surface area (Å²) >= 11 is 0. The van der Waals surface area contributed by atoms with E-state index >= 15 is 0 Å². The monoisotopic (exact) mass is 241 g/mol. The third kappa shape index (κ3) is 4.20. The Balaban J connectivity index is 2.46. The largest absolute Gasteiger partial charge is 0.453 e. The van der Waals surface area contributed by atoms with Crippen LogP contribution in [0.2, 0.25) is 0 Å². The van der Waals surface area contributed by atoms with Crippen LogP contribution in [0, 0.1) is 5.92 Å². The fourth-order valence-corrected chi connectivity index (χ4v) is 1.24. The van der Waals surface area contributed by atoms with Crippen LogP contribution >= 0.6 is 0 Å². The van der Waals surface area contributed by atoms with Crippen LogP contribution in [0.5, 0.6) is 0 Å². The van der Waals surface area contributed by atoms with E-state index in [0.717, 1.165) is 0 Å². The van der Waals surface area contributed by atoms with Gasteiger partial charge in [0.2, 0.25) is 0 Å². The van der Waals surface area contributed by atoms with Gasteiger partial charge in [-0.2, -0.15) is 0 Å². The van der Waals surface area contributed by atoms with Crippen molar-refractivity contribution in [3.63, 3.8) is 0 Å². The van der Waals surface area contributed by atoms with Gasteiger partial charge in [-0.1, -0.05) is 13.8 Å². The van der Waals surface area contributed by atoms with E-state index in [1.165, 1.54) is 0 Å². The lowest BCUT2D eigenvalue weighted by Gasteiger charge is -2.14. The highest BCUT2D eigenvalue weighted by Gasteiger charge is 2.14. The first-order valence-electron chi connectivity index (χ1n) is 5.58. The number of hydrogen-bond acceptors (Lipinski definition) is 4. The van der Waals surface area contributed by atoms with Gasteiger partial charge in [0.15, 0.2) is 5.76 Å². The summed E-state index contributed by atoms with van der Waals surface area (Å²) in [6.45, 7) is 4.33. The zero-order valence-electron chi connectivity index (χ0n) is 10.4. The van der Waals surface area contributed by atoms with Crippen molar-refractivity contribution in [3.8, 4) is 0 Å². The van der Waals surface area contributed by atoms with Crippen LogP contribution in [0.15, 0.2) is 16.5 Å². The van der Waals surface area contributed by atoms with Gasteiger partial charge in [0, 0.05) is 13.7 Å². The minimum Gasteiger partial charge on any atom is -0.453 e. The minimum atomic E-state index is -0.549. The van der Waals surface area contributed by atoms with Crippen LogP contribution < -0.4 is 5.32 Å². The molecule has 1 heterocycles. The van der Waals surface area contributed by atoms with Crippen LogP contribution in [0.4, 0.5) is 0 Å². The van der Waals surface area contributed by atoms with Crippen LogP contribution in [-0.2, 0) is 11.3 Å². The topological polar surface area (TPSA) is 71.7 Å². The molecule has 0 radical (unpaired) electrons. The third-order valence-corrected chi connectivity index (χ3v) is 2.41.